The van der Waals surface area contributed by atoms with Gasteiger partial charge in [0.05, 0.1) is 17.3 Å². The van der Waals surface area contributed by atoms with Gasteiger partial charge in [0.15, 0.2) is 0 Å². The number of rotatable bonds is 4. The Bertz CT molecular complexity index is 634. The van der Waals surface area contributed by atoms with Gasteiger partial charge < -0.3 is 10.6 Å². The van der Waals surface area contributed by atoms with Crippen molar-refractivity contribution in [1.82, 2.24) is 0 Å². The predicted octanol–water partition coefficient (Wildman–Crippen LogP) is 4.18. The zero-order chi connectivity index (χ0) is 14.5. The summed E-state index contributed by atoms with van der Waals surface area (Å²) in [6.07, 6.45) is 0. The molecule has 104 valence electrons. The third-order valence-electron chi connectivity index (χ3n) is 2.48. The SMILES string of the molecule is O=C(CNc1ccc(Cl)cc1Cl)Nc1cccc(F)c1. The van der Waals surface area contributed by atoms with Crippen molar-refractivity contribution < 1.29 is 9.18 Å². The summed E-state index contributed by atoms with van der Waals surface area (Å²) in [4.78, 5) is 11.7. The standard InChI is InChI=1S/C14H11Cl2FN2O/c15-9-4-5-13(12(16)6-9)18-8-14(20)19-11-3-1-2-10(17)7-11/h1-7,18H,8H2,(H,19,20). The molecule has 0 aliphatic heterocycles. The zero-order valence-corrected chi connectivity index (χ0v) is 11.8. The smallest absolute Gasteiger partial charge is 0.243 e. The summed E-state index contributed by atoms with van der Waals surface area (Å²) >= 11 is 11.7. The number of benzene rings is 2. The Labute approximate surface area is 125 Å². The van der Waals surface area contributed by atoms with E-state index in [-0.39, 0.29) is 12.5 Å². The van der Waals surface area contributed by atoms with Gasteiger partial charge in [0.2, 0.25) is 5.91 Å². The van der Waals surface area contributed by atoms with Gasteiger partial charge in [-0.25, -0.2) is 4.39 Å². The molecule has 2 aromatic carbocycles. The third-order valence-corrected chi connectivity index (χ3v) is 3.03. The van der Waals surface area contributed by atoms with Gasteiger partial charge in [-0.05, 0) is 36.4 Å². The molecule has 0 unspecified atom stereocenters. The molecule has 0 aliphatic carbocycles. The van der Waals surface area contributed by atoms with Crippen LogP contribution in [0.15, 0.2) is 42.5 Å². The number of anilines is 2. The molecule has 6 heteroatoms. The molecule has 0 atom stereocenters. The van der Waals surface area contributed by atoms with Crippen molar-refractivity contribution >= 4 is 40.5 Å². The Morgan fingerprint density at radius 2 is 1.95 bits per heavy atom. The van der Waals surface area contributed by atoms with Crippen LogP contribution in [0.25, 0.3) is 0 Å². The minimum atomic E-state index is -0.406. The highest BCUT2D eigenvalue weighted by atomic mass is 35.5. The van der Waals surface area contributed by atoms with Crippen LogP contribution in [0.2, 0.25) is 10.0 Å². The lowest BCUT2D eigenvalue weighted by Crippen LogP contribution is -2.21. The number of hydrogen-bond acceptors (Lipinski definition) is 2. The molecule has 0 heterocycles. The summed E-state index contributed by atoms with van der Waals surface area (Å²) in [5.41, 5.74) is 1.00. The van der Waals surface area contributed by atoms with Crippen LogP contribution in [0.3, 0.4) is 0 Å². The van der Waals surface area contributed by atoms with Crippen molar-refractivity contribution in [3.05, 3.63) is 58.3 Å². The predicted molar refractivity (Wildman–Crippen MR) is 80.0 cm³/mol. The molecule has 0 aliphatic rings. The molecular formula is C14H11Cl2FN2O. The first-order valence-corrected chi connectivity index (χ1v) is 6.54. The number of carbonyl (C=O) groups is 1. The van der Waals surface area contributed by atoms with E-state index in [2.05, 4.69) is 10.6 Å². The quantitative estimate of drug-likeness (QED) is 0.889. The van der Waals surface area contributed by atoms with Gasteiger partial charge in [0.1, 0.15) is 5.82 Å². The fraction of sp³-hybridized carbons (Fsp3) is 0.0714. The zero-order valence-electron chi connectivity index (χ0n) is 10.3. The van der Waals surface area contributed by atoms with Crippen molar-refractivity contribution in [3.8, 4) is 0 Å². The van der Waals surface area contributed by atoms with E-state index in [0.29, 0.717) is 21.4 Å². The molecule has 2 N–H and O–H groups in total. The van der Waals surface area contributed by atoms with Crippen molar-refractivity contribution in [1.29, 1.82) is 0 Å². The normalized spacial score (nSPS) is 10.2. The lowest BCUT2D eigenvalue weighted by Gasteiger charge is -2.09. The fourth-order valence-corrected chi connectivity index (χ4v) is 2.06. The molecule has 0 saturated carbocycles. The van der Waals surface area contributed by atoms with Crippen molar-refractivity contribution in [2.24, 2.45) is 0 Å². The van der Waals surface area contributed by atoms with Gasteiger partial charge in [0.25, 0.3) is 0 Å². The summed E-state index contributed by atoms with van der Waals surface area (Å²) in [5, 5.41) is 6.40. The van der Waals surface area contributed by atoms with Gasteiger partial charge in [-0.1, -0.05) is 29.3 Å². The first-order chi connectivity index (χ1) is 9.54. The number of carbonyl (C=O) groups excluding carboxylic acids is 1. The Balaban J connectivity index is 1.92. The second kappa shape index (κ2) is 6.59. The molecule has 0 aromatic heterocycles. The number of nitrogens with one attached hydrogen (secondary N) is 2. The lowest BCUT2D eigenvalue weighted by molar-refractivity contribution is -0.114. The van der Waals surface area contributed by atoms with Gasteiger partial charge in [-0.3, -0.25) is 4.79 Å². The van der Waals surface area contributed by atoms with Crippen LogP contribution in [-0.2, 0) is 4.79 Å². The molecule has 0 spiro atoms. The third kappa shape index (κ3) is 4.11. The molecule has 3 nitrogen and oxygen atoms in total. The second-order valence-corrected chi connectivity index (χ2v) is 4.88. The van der Waals surface area contributed by atoms with Crippen LogP contribution in [-0.4, -0.2) is 12.5 Å². The maximum absolute atomic E-state index is 13.0. The average Bonchev–Trinajstić information content (AvgIpc) is 2.37. The second-order valence-electron chi connectivity index (χ2n) is 4.04. The Morgan fingerprint density at radius 3 is 2.65 bits per heavy atom. The van der Waals surface area contributed by atoms with E-state index in [0.717, 1.165) is 0 Å². The molecule has 0 radical (unpaired) electrons. The number of hydrogen-bond donors (Lipinski definition) is 2. The molecule has 2 aromatic rings. The molecule has 2 rings (SSSR count). The summed E-state index contributed by atoms with van der Waals surface area (Å²) in [6.45, 7) is 0.0118. The van der Waals surface area contributed by atoms with Crippen molar-refractivity contribution in [2.45, 2.75) is 0 Å². The van der Waals surface area contributed by atoms with Crippen LogP contribution in [0.4, 0.5) is 15.8 Å². The molecule has 1 amide bonds. The number of amides is 1. The van der Waals surface area contributed by atoms with Crippen LogP contribution in [0.5, 0.6) is 0 Å². The van der Waals surface area contributed by atoms with Crippen LogP contribution in [0, 0.1) is 5.82 Å². The topological polar surface area (TPSA) is 41.1 Å². The Hall–Kier alpha value is -1.78. The molecule has 0 saturated heterocycles. The lowest BCUT2D eigenvalue weighted by atomic mass is 10.3. The van der Waals surface area contributed by atoms with E-state index < -0.39 is 5.82 Å². The minimum absolute atomic E-state index is 0.0118. The molecular weight excluding hydrogens is 302 g/mol. The van der Waals surface area contributed by atoms with Gasteiger partial charge in [-0.15, -0.1) is 0 Å². The molecule has 0 fully saturated rings. The van der Waals surface area contributed by atoms with E-state index in [1.807, 2.05) is 0 Å². The van der Waals surface area contributed by atoms with Crippen molar-refractivity contribution in [3.63, 3.8) is 0 Å². The van der Waals surface area contributed by atoms with E-state index in [4.69, 9.17) is 23.2 Å². The summed E-state index contributed by atoms with van der Waals surface area (Å²) in [6, 6.07) is 10.6. The summed E-state index contributed by atoms with van der Waals surface area (Å²) < 4.78 is 13.0. The number of halogens is 3. The van der Waals surface area contributed by atoms with Crippen LogP contribution >= 0.6 is 23.2 Å². The first kappa shape index (κ1) is 14.6. The maximum Gasteiger partial charge on any atom is 0.243 e. The average molecular weight is 313 g/mol. The molecule has 0 bridgehead atoms. The van der Waals surface area contributed by atoms with E-state index >= 15 is 0 Å². The highest BCUT2D eigenvalue weighted by molar-refractivity contribution is 6.36. The minimum Gasteiger partial charge on any atom is -0.375 e. The van der Waals surface area contributed by atoms with E-state index in [1.54, 1.807) is 24.3 Å². The maximum atomic E-state index is 13.0. The molecule has 20 heavy (non-hydrogen) atoms. The summed E-state index contributed by atoms with van der Waals surface area (Å²) in [5.74, 6) is -0.710. The highest BCUT2D eigenvalue weighted by Gasteiger charge is 2.05. The van der Waals surface area contributed by atoms with E-state index in [9.17, 15) is 9.18 Å². The van der Waals surface area contributed by atoms with Gasteiger partial charge in [0, 0.05) is 10.7 Å². The summed E-state index contributed by atoms with van der Waals surface area (Å²) in [7, 11) is 0. The van der Waals surface area contributed by atoms with Crippen LogP contribution < -0.4 is 10.6 Å². The van der Waals surface area contributed by atoms with Crippen molar-refractivity contribution in [2.75, 3.05) is 17.2 Å². The fourth-order valence-electron chi connectivity index (χ4n) is 1.58. The van der Waals surface area contributed by atoms with Crippen LogP contribution in [0.1, 0.15) is 0 Å². The first-order valence-electron chi connectivity index (χ1n) is 5.79. The largest absolute Gasteiger partial charge is 0.375 e. The van der Waals surface area contributed by atoms with Gasteiger partial charge >= 0.3 is 0 Å². The highest BCUT2D eigenvalue weighted by Crippen LogP contribution is 2.25. The monoisotopic (exact) mass is 312 g/mol. The van der Waals surface area contributed by atoms with E-state index in [1.165, 1.54) is 18.2 Å². The van der Waals surface area contributed by atoms with Gasteiger partial charge in [-0.2, -0.15) is 0 Å². The Kier molecular flexibility index (Phi) is 4.82. The Morgan fingerprint density at radius 1 is 1.15 bits per heavy atom.